The maximum absolute atomic E-state index is 5.85. The van der Waals surface area contributed by atoms with Crippen molar-refractivity contribution in [1.29, 1.82) is 0 Å². The average Bonchev–Trinajstić information content (AvgIpc) is 2.48. The molecule has 0 aliphatic carbocycles. The van der Waals surface area contributed by atoms with E-state index in [1.807, 2.05) is 61.5 Å². The Balaban J connectivity index is 2.14. The number of nitrogens with zero attached hydrogens (tertiary/aromatic N) is 1. The Morgan fingerprint density at radius 3 is 2.57 bits per heavy atom. The van der Waals surface area contributed by atoms with Gasteiger partial charge < -0.3 is 11.1 Å². The summed E-state index contributed by atoms with van der Waals surface area (Å²) in [5, 5.41) is 4.36. The van der Waals surface area contributed by atoms with Crippen molar-refractivity contribution in [3.63, 3.8) is 0 Å². The van der Waals surface area contributed by atoms with Crippen LogP contribution in [-0.4, -0.2) is 9.97 Å². The Kier molecular flexibility index (Phi) is 3.54. The van der Waals surface area contributed by atoms with E-state index >= 15 is 0 Å². The maximum atomic E-state index is 5.85. The van der Waals surface area contributed by atoms with E-state index in [2.05, 4.69) is 10.3 Å². The zero-order valence-corrected chi connectivity index (χ0v) is 12.4. The van der Waals surface area contributed by atoms with Crippen molar-refractivity contribution >= 4 is 39.6 Å². The summed E-state index contributed by atoms with van der Waals surface area (Å²) < 4.78 is 0. The average molecular weight is 293 g/mol. The second-order valence-corrected chi connectivity index (χ2v) is 5.32. The lowest BCUT2D eigenvalue weighted by molar-refractivity contribution is 1.34. The first-order valence-electron chi connectivity index (χ1n) is 6.67. The molecule has 0 radical (unpaired) electrons. The Bertz CT molecular complexity index is 827. The Morgan fingerprint density at radius 2 is 1.81 bits per heavy atom. The van der Waals surface area contributed by atoms with Gasteiger partial charge in [0, 0.05) is 11.1 Å². The normalized spacial score (nSPS) is 10.5. The summed E-state index contributed by atoms with van der Waals surface area (Å²) in [6, 6.07) is 17.9. The minimum atomic E-state index is 0.337. The lowest BCUT2D eigenvalue weighted by Gasteiger charge is -2.13. The molecule has 0 saturated carbocycles. The fourth-order valence-corrected chi connectivity index (χ4v) is 2.40. The van der Waals surface area contributed by atoms with Crippen molar-refractivity contribution in [1.82, 2.24) is 4.98 Å². The number of fused-ring (bicyclic) bond motifs is 1. The van der Waals surface area contributed by atoms with Crippen LogP contribution < -0.4 is 11.1 Å². The number of rotatable bonds is 3. The third-order valence-electron chi connectivity index (χ3n) is 3.39. The van der Waals surface area contributed by atoms with Gasteiger partial charge in [0.05, 0.1) is 11.1 Å². The molecule has 4 heteroatoms. The van der Waals surface area contributed by atoms with Gasteiger partial charge in [0.1, 0.15) is 10.8 Å². The third kappa shape index (κ3) is 2.71. The summed E-state index contributed by atoms with van der Waals surface area (Å²) in [6.45, 7) is 2.05. The van der Waals surface area contributed by atoms with Crippen LogP contribution in [0, 0.1) is 6.92 Å². The summed E-state index contributed by atoms with van der Waals surface area (Å²) in [7, 11) is 0. The van der Waals surface area contributed by atoms with E-state index in [0.717, 1.165) is 27.7 Å². The first-order chi connectivity index (χ1) is 10.1. The molecule has 0 bridgehead atoms. The van der Waals surface area contributed by atoms with Crippen LogP contribution in [0.25, 0.3) is 10.9 Å². The molecule has 0 atom stereocenters. The van der Waals surface area contributed by atoms with E-state index in [1.54, 1.807) is 0 Å². The van der Waals surface area contributed by atoms with E-state index in [9.17, 15) is 0 Å². The second kappa shape index (κ2) is 5.50. The fraction of sp³-hybridized carbons (Fsp3) is 0.0588. The van der Waals surface area contributed by atoms with Gasteiger partial charge in [0.2, 0.25) is 0 Å². The van der Waals surface area contributed by atoms with Gasteiger partial charge >= 0.3 is 0 Å². The second-order valence-electron chi connectivity index (χ2n) is 4.88. The van der Waals surface area contributed by atoms with Gasteiger partial charge in [0.25, 0.3) is 0 Å². The van der Waals surface area contributed by atoms with Gasteiger partial charge in [0.15, 0.2) is 0 Å². The first kappa shape index (κ1) is 13.5. The molecule has 0 unspecified atom stereocenters. The Hall–Kier alpha value is -2.46. The monoisotopic (exact) mass is 293 g/mol. The molecule has 3 N–H and O–H groups in total. The third-order valence-corrected chi connectivity index (χ3v) is 3.61. The summed E-state index contributed by atoms with van der Waals surface area (Å²) in [6.07, 6.45) is 0. The van der Waals surface area contributed by atoms with Crippen LogP contribution in [0.4, 0.5) is 11.5 Å². The molecule has 0 aliphatic heterocycles. The minimum Gasteiger partial charge on any atom is -0.389 e. The maximum Gasteiger partial charge on any atom is 0.141 e. The quantitative estimate of drug-likeness (QED) is 0.719. The molecule has 0 spiro atoms. The molecule has 1 aromatic heterocycles. The highest BCUT2D eigenvalue weighted by atomic mass is 32.1. The highest BCUT2D eigenvalue weighted by molar-refractivity contribution is 7.80. The standard InChI is InChI=1S/C17H15N3S/c1-11-6-2-4-8-14(11)19-17-13(16(18)21)10-12-7-3-5-9-15(12)20-17/h2-10H,1H3,(H2,18,21)(H,19,20). The summed E-state index contributed by atoms with van der Waals surface area (Å²) in [4.78, 5) is 4.99. The van der Waals surface area contributed by atoms with Crippen LogP contribution in [0.2, 0.25) is 0 Å². The summed E-state index contributed by atoms with van der Waals surface area (Å²) >= 11 is 5.16. The largest absolute Gasteiger partial charge is 0.389 e. The molecule has 0 fully saturated rings. The SMILES string of the molecule is Cc1ccccc1Nc1nc2ccccc2cc1C(N)=S. The van der Waals surface area contributed by atoms with Crippen molar-refractivity contribution in [2.24, 2.45) is 5.73 Å². The molecule has 0 aliphatic rings. The zero-order valence-electron chi connectivity index (χ0n) is 11.6. The molecule has 3 aromatic rings. The topological polar surface area (TPSA) is 50.9 Å². The molecule has 104 valence electrons. The van der Waals surface area contributed by atoms with Crippen LogP contribution in [0.3, 0.4) is 0 Å². The highest BCUT2D eigenvalue weighted by Gasteiger charge is 2.10. The molecule has 0 saturated heterocycles. The van der Waals surface area contributed by atoms with Gasteiger partial charge in [-0.1, -0.05) is 48.6 Å². The Morgan fingerprint density at radius 1 is 1.10 bits per heavy atom. The van der Waals surface area contributed by atoms with Crippen LogP contribution >= 0.6 is 12.2 Å². The van der Waals surface area contributed by atoms with Crippen molar-refractivity contribution in [3.05, 3.63) is 65.7 Å². The number of anilines is 2. The number of nitrogens with two attached hydrogens (primary N) is 1. The molecule has 2 aromatic carbocycles. The van der Waals surface area contributed by atoms with Crippen molar-refractivity contribution in [3.8, 4) is 0 Å². The number of para-hydroxylation sites is 2. The predicted molar refractivity (Wildman–Crippen MR) is 92.1 cm³/mol. The molecule has 3 nitrogen and oxygen atoms in total. The number of aromatic nitrogens is 1. The first-order valence-corrected chi connectivity index (χ1v) is 7.08. The van der Waals surface area contributed by atoms with Crippen LogP contribution in [-0.2, 0) is 0 Å². The number of aryl methyl sites for hydroxylation is 1. The van der Waals surface area contributed by atoms with Gasteiger partial charge in [-0.05, 0) is 30.7 Å². The number of hydrogen-bond acceptors (Lipinski definition) is 3. The van der Waals surface area contributed by atoms with Gasteiger partial charge in [-0.15, -0.1) is 0 Å². The number of pyridine rings is 1. The smallest absolute Gasteiger partial charge is 0.141 e. The van der Waals surface area contributed by atoms with Gasteiger partial charge in [-0.2, -0.15) is 0 Å². The van der Waals surface area contributed by atoms with Gasteiger partial charge in [-0.3, -0.25) is 0 Å². The van der Waals surface area contributed by atoms with Gasteiger partial charge in [-0.25, -0.2) is 4.98 Å². The van der Waals surface area contributed by atoms with Crippen LogP contribution in [0.1, 0.15) is 11.1 Å². The number of thiocarbonyl (C=S) groups is 1. The zero-order chi connectivity index (χ0) is 14.8. The molecular weight excluding hydrogens is 278 g/mol. The number of benzene rings is 2. The molecular formula is C17H15N3S. The van der Waals surface area contributed by atoms with Crippen LogP contribution in [0.5, 0.6) is 0 Å². The Labute approximate surface area is 128 Å². The number of hydrogen-bond donors (Lipinski definition) is 2. The summed E-state index contributed by atoms with van der Waals surface area (Å²) in [5.41, 5.74) is 9.65. The molecule has 0 amide bonds. The van der Waals surface area contributed by atoms with Crippen molar-refractivity contribution < 1.29 is 0 Å². The minimum absolute atomic E-state index is 0.337. The number of nitrogens with one attached hydrogen (secondary N) is 1. The molecule has 3 rings (SSSR count). The van der Waals surface area contributed by atoms with Crippen LogP contribution in [0.15, 0.2) is 54.6 Å². The molecule has 1 heterocycles. The van der Waals surface area contributed by atoms with E-state index < -0.39 is 0 Å². The van der Waals surface area contributed by atoms with Crippen molar-refractivity contribution in [2.45, 2.75) is 6.92 Å². The lowest BCUT2D eigenvalue weighted by Crippen LogP contribution is -2.13. The highest BCUT2D eigenvalue weighted by Crippen LogP contribution is 2.25. The fourth-order valence-electron chi connectivity index (χ4n) is 2.24. The summed E-state index contributed by atoms with van der Waals surface area (Å²) in [5.74, 6) is 0.690. The van der Waals surface area contributed by atoms with Crippen molar-refractivity contribution in [2.75, 3.05) is 5.32 Å². The van der Waals surface area contributed by atoms with E-state index in [0.29, 0.717) is 10.8 Å². The van der Waals surface area contributed by atoms with E-state index in [1.165, 1.54) is 0 Å². The molecule has 21 heavy (non-hydrogen) atoms. The van der Waals surface area contributed by atoms with E-state index in [-0.39, 0.29) is 0 Å². The lowest BCUT2D eigenvalue weighted by atomic mass is 10.1. The van der Waals surface area contributed by atoms with E-state index in [4.69, 9.17) is 18.0 Å². The predicted octanol–water partition coefficient (Wildman–Crippen LogP) is 3.92.